The van der Waals surface area contributed by atoms with E-state index in [4.69, 9.17) is 4.74 Å². The van der Waals surface area contributed by atoms with Crippen LogP contribution in [0.15, 0.2) is 18.2 Å². The minimum Gasteiger partial charge on any atom is -0.486 e. The number of halogens is 1. The van der Waals surface area contributed by atoms with Crippen molar-refractivity contribution in [1.82, 2.24) is 4.90 Å². The van der Waals surface area contributed by atoms with Gasteiger partial charge in [0.15, 0.2) is 5.75 Å². The first-order valence-electron chi connectivity index (χ1n) is 5.18. The standard InChI is InChI=1S/C11H13FN2O4/c1-13(2)11(15)5-6-18-10-7-8(12)3-4-9(10)14(16)17/h3-4,7H,5-6H2,1-2H3. The number of carbonyl (C=O) groups excluding carboxylic acids is 1. The van der Waals surface area contributed by atoms with Gasteiger partial charge in [0, 0.05) is 26.2 Å². The highest BCUT2D eigenvalue weighted by atomic mass is 19.1. The van der Waals surface area contributed by atoms with E-state index >= 15 is 0 Å². The number of nitrogens with zero attached hydrogens (tertiary/aromatic N) is 2. The molecule has 0 N–H and O–H groups in total. The molecule has 1 aromatic rings. The summed E-state index contributed by atoms with van der Waals surface area (Å²) in [6.07, 6.45) is 0.0701. The maximum atomic E-state index is 12.9. The monoisotopic (exact) mass is 256 g/mol. The van der Waals surface area contributed by atoms with Crippen LogP contribution >= 0.6 is 0 Å². The summed E-state index contributed by atoms with van der Waals surface area (Å²) in [5.74, 6) is -0.977. The van der Waals surface area contributed by atoms with Gasteiger partial charge in [0.25, 0.3) is 0 Å². The SMILES string of the molecule is CN(C)C(=O)CCOc1cc(F)ccc1[N+](=O)[O-]. The zero-order chi connectivity index (χ0) is 13.7. The number of nitro benzene ring substituents is 1. The summed E-state index contributed by atoms with van der Waals surface area (Å²) in [4.78, 5) is 22.6. The third kappa shape index (κ3) is 3.69. The van der Waals surface area contributed by atoms with Gasteiger partial charge >= 0.3 is 5.69 Å². The van der Waals surface area contributed by atoms with Crippen LogP contribution in [0.3, 0.4) is 0 Å². The second-order valence-electron chi connectivity index (χ2n) is 3.76. The number of ether oxygens (including phenoxy) is 1. The molecule has 0 atom stereocenters. The first-order valence-corrected chi connectivity index (χ1v) is 5.18. The Kier molecular flexibility index (Phi) is 4.59. The van der Waals surface area contributed by atoms with E-state index in [0.717, 1.165) is 18.2 Å². The van der Waals surface area contributed by atoms with E-state index in [2.05, 4.69) is 0 Å². The lowest BCUT2D eigenvalue weighted by Crippen LogP contribution is -2.23. The van der Waals surface area contributed by atoms with Crippen molar-refractivity contribution in [3.05, 3.63) is 34.1 Å². The third-order valence-electron chi connectivity index (χ3n) is 2.19. The predicted octanol–water partition coefficient (Wildman–Crippen LogP) is 1.59. The molecule has 0 radical (unpaired) electrons. The minimum atomic E-state index is -0.664. The average Bonchev–Trinajstić information content (AvgIpc) is 2.28. The molecule has 0 aliphatic carbocycles. The number of benzene rings is 1. The molecule has 0 heterocycles. The average molecular weight is 256 g/mol. The largest absolute Gasteiger partial charge is 0.486 e. The summed E-state index contributed by atoms with van der Waals surface area (Å²) in [5, 5.41) is 10.7. The molecular formula is C11H13FN2O4. The Hall–Kier alpha value is -2.18. The van der Waals surface area contributed by atoms with Crippen LogP contribution in [-0.2, 0) is 4.79 Å². The smallest absolute Gasteiger partial charge is 0.311 e. The van der Waals surface area contributed by atoms with E-state index in [1.54, 1.807) is 14.1 Å². The molecule has 98 valence electrons. The Morgan fingerprint density at radius 3 is 2.72 bits per heavy atom. The van der Waals surface area contributed by atoms with Crippen molar-refractivity contribution in [2.45, 2.75) is 6.42 Å². The normalized spacial score (nSPS) is 9.94. The van der Waals surface area contributed by atoms with E-state index in [9.17, 15) is 19.3 Å². The summed E-state index contributed by atoms with van der Waals surface area (Å²) in [6, 6.07) is 2.94. The molecule has 1 amide bonds. The lowest BCUT2D eigenvalue weighted by Gasteiger charge is -2.10. The van der Waals surface area contributed by atoms with Crippen LogP contribution in [0.25, 0.3) is 0 Å². The molecule has 0 aromatic heterocycles. The van der Waals surface area contributed by atoms with E-state index < -0.39 is 10.7 Å². The van der Waals surface area contributed by atoms with Gasteiger partial charge < -0.3 is 9.64 Å². The molecule has 0 saturated heterocycles. The molecule has 0 aliphatic heterocycles. The van der Waals surface area contributed by atoms with Crippen LogP contribution in [0, 0.1) is 15.9 Å². The van der Waals surface area contributed by atoms with Crippen molar-refractivity contribution >= 4 is 11.6 Å². The maximum absolute atomic E-state index is 12.9. The molecule has 0 unspecified atom stereocenters. The zero-order valence-corrected chi connectivity index (χ0v) is 10.1. The quantitative estimate of drug-likeness (QED) is 0.592. The van der Waals surface area contributed by atoms with Gasteiger partial charge in [-0.15, -0.1) is 0 Å². The third-order valence-corrected chi connectivity index (χ3v) is 2.19. The number of nitro groups is 1. The molecule has 0 spiro atoms. The Morgan fingerprint density at radius 2 is 2.17 bits per heavy atom. The molecule has 0 saturated carbocycles. The Labute approximate surface area is 103 Å². The Morgan fingerprint density at radius 1 is 1.50 bits per heavy atom. The van der Waals surface area contributed by atoms with Crippen molar-refractivity contribution in [3.8, 4) is 5.75 Å². The molecule has 0 bridgehead atoms. The fourth-order valence-corrected chi connectivity index (χ4v) is 1.23. The van der Waals surface area contributed by atoms with E-state index in [0.29, 0.717) is 0 Å². The van der Waals surface area contributed by atoms with E-state index in [1.165, 1.54) is 4.90 Å². The van der Waals surface area contributed by atoms with Crippen molar-refractivity contribution in [1.29, 1.82) is 0 Å². The molecule has 1 rings (SSSR count). The second-order valence-corrected chi connectivity index (χ2v) is 3.76. The number of hydrogen-bond acceptors (Lipinski definition) is 4. The molecule has 6 nitrogen and oxygen atoms in total. The highest BCUT2D eigenvalue weighted by Gasteiger charge is 2.16. The Balaban J connectivity index is 2.69. The van der Waals surface area contributed by atoms with Gasteiger partial charge in [-0.1, -0.05) is 0 Å². The Bertz CT molecular complexity index is 462. The van der Waals surface area contributed by atoms with Crippen molar-refractivity contribution in [3.63, 3.8) is 0 Å². The molecule has 7 heteroatoms. The molecule has 18 heavy (non-hydrogen) atoms. The van der Waals surface area contributed by atoms with E-state index in [-0.39, 0.29) is 30.4 Å². The van der Waals surface area contributed by atoms with Gasteiger partial charge in [-0.3, -0.25) is 14.9 Å². The summed E-state index contributed by atoms with van der Waals surface area (Å²) in [7, 11) is 3.18. The van der Waals surface area contributed by atoms with Crippen molar-refractivity contribution in [2.75, 3.05) is 20.7 Å². The molecule has 0 aliphatic rings. The molecular weight excluding hydrogens is 243 g/mol. The molecule has 1 aromatic carbocycles. The van der Waals surface area contributed by atoms with Gasteiger partial charge in [0.2, 0.25) is 5.91 Å². The van der Waals surface area contributed by atoms with Crippen LogP contribution in [0.4, 0.5) is 10.1 Å². The summed E-state index contributed by atoms with van der Waals surface area (Å²) >= 11 is 0. The number of carbonyl (C=O) groups is 1. The predicted molar refractivity (Wildman–Crippen MR) is 61.9 cm³/mol. The van der Waals surface area contributed by atoms with Crippen LogP contribution < -0.4 is 4.74 Å². The van der Waals surface area contributed by atoms with Crippen LogP contribution in [-0.4, -0.2) is 36.4 Å². The topological polar surface area (TPSA) is 72.7 Å². The highest BCUT2D eigenvalue weighted by molar-refractivity contribution is 5.75. The van der Waals surface area contributed by atoms with Gasteiger partial charge in [-0.25, -0.2) is 4.39 Å². The lowest BCUT2D eigenvalue weighted by atomic mass is 10.3. The molecule has 0 fully saturated rings. The first-order chi connectivity index (χ1) is 8.41. The van der Waals surface area contributed by atoms with Crippen LogP contribution in [0.2, 0.25) is 0 Å². The van der Waals surface area contributed by atoms with Gasteiger partial charge in [-0.05, 0) is 6.07 Å². The summed E-state index contributed by atoms with van der Waals surface area (Å²) < 4.78 is 18.0. The maximum Gasteiger partial charge on any atom is 0.311 e. The first kappa shape index (κ1) is 13.9. The van der Waals surface area contributed by atoms with Crippen LogP contribution in [0.5, 0.6) is 5.75 Å². The van der Waals surface area contributed by atoms with Crippen molar-refractivity contribution < 1.29 is 18.8 Å². The number of hydrogen-bond donors (Lipinski definition) is 0. The number of rotatable bonds is 5. The van der Waals surface area contributed by atoms with Crippen LogP contribution in [0.1, 0.15) is 6.42 Å². The zero-order valence-electron chi connectivity index (χ0n) is 10.1. The van der Waals surface area contributed by atoms with Gasteiger partial charge in [0.05, 0.1) is 18.0 Å². The van der Waals surface area contributed by atoms with E-state index in [1.807, 2.05) is 0 Å². The van der Waals surface area contributed by atoms with Gasteiger partial charge in [-0.2, -0.15) is 0 Å². The van der Waals surface area contributed by atoms with Gasteiger partial charge in [0.1, 0.15) is 5.82 Å². The lowest BCUT2D eigenvalue weighted by molar-refractivity contribution is -0.385. The fraction of sp³-hybridized carbons (Fsp3) is 0.364. The highest BCUT2D eigenvalue weighted by Crippen LogP contribution is 2.27. The minimum absolute atomic E-state index is 0.0404. The fourth-order valence-electron chi connectivity index (χ4n) is 1.23. The summed E-state index contributed by atoms with van der Waals surface area (Å²) in [6.45, 7) is -0.0404. The summed E-state index contributed by atoms with van der Waals surface area (Å²) in [5.41, 5.74) is -0.325. The number of amides is 1. The van der Waals surface area contributed by atoms with Crippen molar-refractivity contribution in [2.24, 2.45) is 0 Å². The second kappa shape index (κ2) is 5.95.